The number of nitrogens with zero attached hydrogens (tertiary/aromatic N) is 3. The molecule has 23 heavy (non-hydrogen) atoms. The van der Waals surface area contributed by atoms with Gasteiger partial charge in [0.25, 0.3) is 0 Å². The molecule has 0 N–H and O–H groups in total. The molecule has 116 valence electrons. The van der Waals surface area contributed by atoms with E-state index in [-0.39, 0.29) is 18.3 Å². The van der Waals surface area contributed by atoms with Gasteiger partial charge < -0.3 is 14.1 Å². The molecule has 0 aliphatic carbocycles. The number of hydrogen-bond donors (Lipinski definition) is 0. The van der Waals surface area contributed by atoms with E-state index in [9.17, 15) is 9.59 Å². The van der Waals surface area contributed by atoms with Crippen molar-refractivity contribution in [3.05, 3.63) is 46.8 Å². The van der Waals surface area contributed by atoms with Crippen molar-refractivity contribution in [2.45, 2.75) is 13.5 Å². The standard InChI is InChI=1S/C16H12BrN3O3/c1-10(22)14-9-20(4-5-21)15-3-2-12(6-13(14)15)23-16-18-7-11(17)8-19-16/h2-3,5-9H,4H2,1H3. The summed E-state index contributed by atoms with van der Waals surface area (Å²) in [6, 6.07) is 5.52. The minimum absolute atomic E-state index is 0.0725. The molecular weight excluding hydrogens is 362 g/mol. The van der Waals surface area contributed by atoms with Gasteiger partial charge in [0.2, 0.25) is 0 Å². The Morgan fingerprint density at radius 2 is 2.09 bits per heavy atom. The van der Waals surface area contributed by atoms with Crippen LogP contribution in [0.5, 0.6) is 11.8 Å². The van der Waals surface area contributed by atoms with E-state index in [1.807, 2.05) is 0 Å². The van der Waals surface area contributed by atoms with Gasteiger partial charge in [0, 0.05) is 35.1 Å². The van der Waals surface area contributed by atoms with Crippen molar-refractivity contribution < 1.29 is 14.3 Å². The van der Waals surface area contributed by atoms with Crippen LogP contribution in [0.4, 0.5) is 0 Å². The van der Waals surface area contributed by atoms with Gasteiger partial charge in [-0.1, -0.05) is 0 Å². The van der Waals surface area contributed by atoms with Gasteiger partial charge in [-0.05, 0) is 41.1 Å². The molecule has 0 atom stereocenters. The zero-order valence-electron chi connectivity index (χ0n) is 12.2. The van der Waals surface area contributed by atoms with Crippen molar-refractivity contribution >= 4 is 38.9 Å². The van der Waals surface area contributed by atoms with Gasteiger partial charge in [0.1, 0.15) is 12.0 Å². The highest BCUT2D eigenvalue weighted by atomic mass is 79.9. The van der Waals surface area contributed by atoms with E-state index in [0.717, 1.165) is 21.7 Å². The summed E-state index contributed by atoms with van der Waals surface area (Å²) in [5.41, 5.74) is 1.34. The van der Waals surface area contributed by atoms with Crippen molar-refractivity contribution in [3.8, 4) is 11.8 Å². The number of aldehydes is 1. The Labute approximate surface area is 140 Å². The third-order valence-corrected chi connectivity index (χ3v) is 3.72. The second kappa shape index (κ2) is 6.29. The molecule has 0 unspecified atom stereocenters. The molecule has 0 bridgehead atoms. The lowest BCUT2D eigenvalue weighted by Crippen LogP contribution is -1.96. The Kier molecular flexibility index (Phi) is 4.20. The lowest BCUT2D eigenvalue weighted by Gasteiger charge is -2.05. The molecule has 2 aromatic heterocycles. The van der Waals surface area contributed by atoms with Crippen molar-refractivity contribution in [2.75, 3.05) is 0 Å². The van der Waals surface area contributed by atoms with E-state index >= 15 is 0 Å². The van der Waals surface area contributed by atoms with Crippen LogP contribution in [0.1, 0.15) is 17.3 Å². The number of hydrogen-bond acceptors (Lipinski definition) is 5. The fraction of sp³-hybridized carbons (Fsp3) is 0.125. The Morgan fingerprint density at radius 1 is 1.35 bits per heavy atom. The molecule has 3 rings (SSSR count). The van der Waals surface area contributed by atoms with Gasteiger partial charge in [0.15, 0.2) is 5.78 Å². The van der Waals surface area contributed by atoms with Gasteiger partial charge in [-0.3, -0.25) is 4.79 Å². The molecule has 0 fully saturated rings. The van der Waals surface area contributed by atoms with Gasteiger partial charge >= 0.3 is 6.01 Å². The number of carbonyl (C=O) groups is 2. The average molecular weight is 374 g/mol. The highest BCUT2D eigenvalue weighted by Crippen LogP contribution is 2.28. The van der Waals surface area contributed by atoms with Crippen LogP contribution < -0.4 is 4.74 Å². The third kappa shape index (κ3) is 3.14. The first-order valence-corrected chi connectivity index (χ1v) is 7.60. The molecule has 0 spiro atoms. The number of fused-ring (bicyclic) bond motifs is 1. The fourth-order valence-electron chi connectivity index (χ4n) is 2.31. The molecular formula is C16H12BrN3O3. The first-order valence-electron chi connectivity index (χ1n) is 6.81. The minimum atomic E-state index is -0.0725. The summed E-state index contributed by atoms with van der Waals surface area (Å²) in [4.78, 5) is 30.7. The predicted octanol–water partition coefficient (Wildman–Crippen LogP) is 3.39. The lowest BCUT2D eigenvalue weighted by molar-refractivity contribution is -0.108. The molecule has 1 aromatic carbocycles. The van der Waals surface area contributed by atoms with Crippen LogP contribution in [-0.2, 0) is 11.3 Å². The molecule has 6 nitrogen and oxygen atoms in total. The van der Waals surface area contributed by atoms with Gasteiger partial charge in [-0.2, -0.15) is 0 Å². The first-order chi connectivity index (χ1) is 11.1. The summed E-state index contributed by atoms with van der Waals surface area (Å²) in [5.74, 6) is 0.447. The van der Waals surface area contributed by atoms with Crippen molar-refractivity contribution in [1.29, 1.82) is 0 Å². The lowest BCUT2D eigenvalue weighted by atomic mass is 10.1. The van der Waals surface area contributed by atoms with E-state index in [1.165, 1.54) is 6.92 Å². The summed E-state index contributed by atoms with van der Waals surface area (Å²) >= 11 is 3.26. The predicted molar refractivity (Wildman–Crippen MR) is 87.8 cm³/mol. The molecule has 2 heterocycles. The monoisotopic (exact) mass is 373 g/mol. The maximum Gasteiger partial charge on any atom is 0.321 e. The summed E-state index contributed by atoms with van der Waals surface area (Å²) in [6.45, 7) is 1.69. The van der Waals surface area contributed by atoms with E-state index in [4.69, 9.17) is 4.74 Å². The van der Waals surface area contributed by atoms with Crippen molar-refractivity contribution in [3.63, 3.8) is 0 Å². The van der Waals surface area contributed by atoms with Gasteiger partial charge in [-0.15, -0.1) is 0 Å². The SMILES string of the molecule is CC(=O)c1cn(CC=O)c2ccc(Oc3ncc(Br)cn3)cc12. The van der Waals surface area contributed by atoms with Crippen LogP contribution in [0.25, 0.3) is 10.9 Å². The van der Waals surface area contributed by atoms with Crippen LogP contribution in [0.2, 0.25) is 0 Å². The van der Waals surface area contributed by atoms with Gasteiger partial charge in [0.05, 0.1) is 11.0 Å². The molecule has 0 saturated carbocycles. The van der Waals surface area contributed by atoms with Gasteiger partial charge in [-0.25, -0.2) is 9.97 Å². The van der Waals surface area contributed by atoms with Crippen LogP contribution in [0, 0.1) is 0 Å². The summed E-state index contributed by atoms with van der Waals surface area (Å²) < 4.78 is 8.10. The number of ketones is 1. The average Bonchev–Trinajstić information content (AvgIpc) is 2.88. The van der Waals surface area contributed by atoms with E-state index in [0.29, 0.717) is 11.3 Å². The van der Waals surface area contributed by atoms with E-state index in [1.54, 1.807) is 41.4 Å². The van der Waals surface area contributed by atoms with Crippen molar-refractivity contribution in [2.24, 2.45) is 0 Å². The number of halogens is 1. The molecule has 0 saturated heterocycles. The Balaban J connectivity index is 2.03. The Hall–Kier alpha value is -2.54. The maximum absolute atomic E-state index is 11.8. The highest BCUT2D eigenvalue weighted by Gasteiger charge is 2.13. The zero-order chi connectivity index (χ0) is 16.4. The quantitative estimate of drug-likeness (QED) is 0.506. The normalized spacial score (nSPS) is 10.7. The number of carbonyl (C=O) groups excluding carboxylic acids is 2. The van der Waals surface area contributed by atoms with Crippen LogP contribution in [-0.4, -0.2) is 26.6 Å². The third-order valence-electron chi connectivity index (χ3n) is 3.31. The molecule has 0 aliphatic rings. The second-order valence-electron chi connectivity index (χ2n) is 4.88. The Bertz CT molecular complexity index is 887. The van der Waals surface area contributed by atoms with Crippen LogP contribution >= 0.6 is 15.9 Å². The number of aromatic nitrogens is 3. The smallest absolute Gasteiger partial charge is 0.321 e. The number of rotatable bonds is 5. The zero-order valence-corrected chi connectivity index (χ0v) is 13.8. The highest BCUT2D eigenvalue weighted by molar-refractivity contribution is 9.10. The molecule has 0 radical (unpaired) electrons. The molecule has 7 heteroatoms. The largest absolute Gasteiger partial charge is 0.424 e. The second-order valence-corrected chi connectivity index (χ2v) is 5.80. The molecule has 3 aromatic rings. The number of benzene rings is 1. The van der Waals surface area contributed by atoms with Crippen LogP contribution in [0.15, 0.2) is 41.3 Å². The molecule has 0 amide bonds. The van der Waals surface area contributed by atoms with Crippen molar-refractivity contribution in [1.82, 2.24) is 14.5 Å². The summed E-state index contributed by atoms with van der Waals surface area (Å²) in [6.07, 6.45) is 5.65. The summed E-state index contributed by atoms with van der Waals surface area (Å²) in [7, 11) is 0. The fourth-order valence-corrected chi connectivity index (χ4v) is 2.51. The van der Waals surface area contributed by atoms with Crippen LogP contribution in [0.3, 0.4) is 0 Å². The topological polar surface area (TPSA) is 74.1 Å². The first kappa shape index (κ1) is 15.4. The minimum Gasteiger partial charge on any atom is -0.424 e. The van der Waals surface area contributed by atoms with E-state index < -0.39 is 0 Å². The number of Topliss-reactive ketones (excluding diaryl/α,β-unsaturated/α-hetero) is 1. The van der Waals surface area contributed by atoms with E-state index in [2.05, 4.69) is 25.9 Å². The number of ether oxygens (including phenoxy) is 1. The summed E-state index contributed by atoms with van der Waals surface area (Å²) in [5, 5.41) is 0.731. The maximum atomic E-state index is 11.8. The molecule has 0 aliphatic heterocycles. The Morgan fingerprint density at radius 3 is 2.74 bits per heavy atom.